The van der Waals surface area contributed by atoms with Crippen molar-refractivity contribution in [2.75, 3.05) is 6.54 Å². The van der Waals surface area contributed by atoms with E-state index in [0.29, 0.717) is 17.5 Å². The van der Waals surface area contributed by atoms with Crippen molar-refractivity contribution in [2.45, 2.75) is 66.0 Å². The minimum Gasteiger partial charge on any atom is -0.330 e. The van der Waals surface area contributed by atoms with Crippen LogP contribution < -0.4 is 5.32 Å². The van der Waals surface area contributed by atoms with E-state index in [4.69, 9.17) is 0 Å². The normalized spacial score (nSPS) is 27.4. The predicted molar refractivity (Wildman–Crippen MR) is 75.8 cm³/mol. The van der Waals surface area contributed by atoms with Crippen molar-refractivity contribution in [3.63, 3.8) is 0 Å². The molecule has 1 aliphatic carbocycles. The summed E-state index contributed by atoms with van der Waals surface area (Å²) in [5.74, 6) is 0. The maximum Gasteiger partial charge on any atom is 0.0954 e. The van der Waals surface area contributed by atoms with Gasteiger partial charge in [0.15, 0.2) is 0 Å². The Morgan fingerprint density at radius 2 is 2.17 bits per heavy atom. The third kappa shape index (κ3) is 2.33. The highest BCUT2D eigenvalue weighted by molar-refractivity contribution is 5.12. The molecule has 0 saturated heterocycles. The number of hydrogen-bond donors (Lipinski definition) is 1. The molecule has 0 spiro atoms. The van der Waals surface area contributed by atoms with Crippen LogP contribution in [0.3, 0.4) is 0 Å². The number of hydrogen-bond acceptors (Lipinski definition) is 2. The molecule has 0 amide bonds. The summed E-state index contributed by atoms with van der Waals surface area (Å²) in [6, 6.07) is 1.10. The fourth-order valence-electron chi connectivity index (χ4n) is 3.39. The van der Waals surface area contributed by atoms with Crippen LogP contribution in [0.4, 0.5) is 0 Å². The first kappa shape index (κ1) is 13.6. The Kier molecular flexibility index (Phi) is 3.81. The molecule has 0 radical (unpaired) electrons. The van der Waals surface area contributed by atoms with Gasteiger partial charge in [-0.05, 0) is 38.6 Å². The number of imidazole rings is 1. The minimum atomic E-state index is 0.365. The zero-order chi connectivity index (χ0) is 13.3. The van der Waals surface area contributed by atoms with Crippen LogP contribution >= 0.6 is 0 Å². The first-order valence-corrected chi connectivity index (χ1v) is 7.20. The van der Waals surface area contributed by atoms with Gasteiger partial charge in [0.25, 0.3) is 0 Å². The molecule has 3 nitrogen and oxygen atoms in total. The molecule has 2 unspecified atom stereocenters. The van der Waals surface area contributed by atoms with Crippen LogP contribution in [-0.2, 0) is 0 Å². The average Bonchev–Trinajstić information content (AvgIpc) is 2.63. The van der Waals surface area contributed by atoms with E-state index in [1.165, 1.54) is 25.0 Å². The molecule has 2 rings (SSSR count). The Hall–Kier alpha value is -0.830. The maximum atomic E-state index is 4.47. The molecule has 1 aliphatic rings. The number of rotatable bonds is 3. The van der Waals surface area contributed by atoms with Gasteiger partial charge >= 0.3 is 0 Å². The predicted octanol–water partition coefficient (Wildman–Crippen LogP) is 3.23. The number of aryl methyl sites for hydroxylation is 1. The number of nitrogens with one attached hydrogen (secondary N) is 1. The van der Waals surface area contributed by atoms with Crippen molar-refractivity contribution >= 4 is 0 Å². The fraction of sp³-hybridized carbons (Fsp3) is 0.800. The second kappa shape index (κ2) is 5.04. The quantitative estimate of drug-likeness (QED) is 0.891. The molecule has 1 saturated carbocycles. The van der Waals surface area contributed by atoms with Crippen LogP contribution in [0.25, 0.3) is 0 Å². The molecule has 18 heavy (non-hydrogen) atoms. The zero-order valence-electron chi connectivity index (χ0n) is 12.5. The van der Waals surface area contributed by atoms with E-state index in [1.54, 1.807) is 0 Å². The van der Waals surface area contributed by atoms with E-state index in [-0.39, 0.29) is 0 Å². The molecule has 1 N–H and O–H groups in total. The monoisotopic (exact) mass is 249 g/mol. The van der Waals surface area contributed by atoms with Gasteiger partial charge in [-0.1, -0.05) is 27.2 Å². The Morgan fingerprint density at radius 3 is 2.72 bits per heavy atom. The Bertz CT molecular complexity index is 406. The summed E-state index contributed by atoms with van der Waals surface area (Å²) in [4.78, 5) is 4.47. The van der Waals surface area contributed by atoms with Gasteiger partial charge in [-0.2, -0.15) is 0 Å². The molecule has 1 aromatic rings. The van der Waals surface area contributed by atoms with Gasteiger partial charge in [0.05, 0.1) is 18.1 Å². The number of aromatic nitrogens is 2. The summed E-state index contributed by atoms with van der Waals surface area (Å²) in [7, 11) is 0. The van der Waals surface area contributed by atoms with E-state index in [0.717, 1.165) is 12.2 Å². The smallest absolute Gasteiger partial charge is 0.0954 e. The van der Waals surface area contributed by atoms with Crippen molar-refractivity contribution in [1.29, 1.82) is 0 Å². The highest BCUT2D eigenvalue weighted by Gasteiger charge is 2.39. The van der Waals surface area contributed by atoms with Crippen molar-refractivity contribution in [2.24, 2.45) is 5.41 Å². The molecule has 0 aliphatic heterocycles. The van der Waals surface area contributed by atoms with Crippen LogP contribution in [0.5, 0.6) is 0 Å². The SMILES string of the molecule is CCNC1C(n2cnc(C)c2C)CCCC1(C)C. The number of likely N-dealkylation sites (N-methyl/N-ethyl adjacent to an activating group) is 1. The van der Waals surface area contributed by atoms with Gasteiger partial charge in [-0.3, -0.25) is 0 Å². The molecular formula is C15H27N3. The van der Waals surface area contributed by atoms with Gasteiger partial charge < -0.3 is 9.88 Å². The standard InChI is InChI=1S/C15H27N3/c1-6-16-14-13(8-7-9-15(14,4)5)18-10-17-11(2)12(18)3/h10,13-14,16H,6-9H2,1-5H3. The van der Waals surface area contributed by atoms with Crippen LogP contribution in [0, 0.1) is 19.3 Å². The lowest BCUT2D eigenvalue weighted by Gasteiger charge is -2.45. The third-order valence-electron chi connectivity index (χ3n) is 4.62. The van der Waals surface area contributed by atoms with E-state index in [9.17, 15) is 0 Å². The van der Waals surface area contributed by atoms with E-state index in [2.05, 4.69) is 49.5 Å². The zero-order valence-corrected chi connectivity index (χ0v) is 12.5. The molecule has 2 atom stereocenters. The first-order chi connectivity index (χ1) is 8.47. The lowest BCUT2D eigenvalue weighted by molar-refractivity contribution is 0.113. The summed E-state index contributed by atoms with van der Waals surface area (Å²) in [6.07, 6.45) is 5.92. The van der Waals surface area contributed by atoms with Crippen LogP contribution in [0.2, 0.25) is 0 Å². The van der Waals surface area contributed by atoms with Crippen LogP contribution in [0.15, 0.2) is 6.33 Å². The molecule has 102 valence electrons. The summed E-state index contributed by atoms with van der Waals surface area (Å²) in [5, 5.41) is 3.71. The first-order valence-electron chi connectivity index (χ1n) is 7.20. The molecular weight excluding hydrogens is 222 g/mol. The highest BCUT2D eigenvalue weighted by Crippen LogP contribution is 2.41. The Morgan fingerprint density at radius 1 is 1.44 bits per heavy atom. The Balaban J connectivity index is 2.32. The lowest BCUT2D eigenvalue weighted by Crippen LogP contribution is -2.50. The summed E-state index contributed by atoms with van der Waals surface area (Å²) < 4.78 is 2.39. The number of nitrogens with zero attached hydrogens (tertiary/aromatic N) is 2. The van der Waals surface area contributed by atoms with Gasteiger partial charge in [0.2, 0.25) is 0 Å². The second-order valence-corrected chi connectivity index (χ2v) is 6.31. The van der Waals surface area contributed by atoms with E-state index >= 15 is 0 Å². The Labute approximate surface area is 111 Å². The van der Waals surface area contributed by atoms with Crippen LogP contribution in [0.1, 0.15) is 57.5 Å². The fourth-order valence-corrected chi connectivity index (χ4v) is 3.39. The topological polar surface area (TPSA) is 29.9 Å². The van der Waals surface area contributed by atoms with E-state index < -0.39 is 0 Å². The highest BCUT2D eigenvalue weighted by atomic mass is 15.1. The summed E-state index contributed by atoms with van der Waals surface area (Å²) in [5.41, 5.74) is 2.85. The molecule has 1 fully saturated rings. The van der Waals surface area contributed by atoms with Crippen molar-refractivity contribution in [1.82, 2.24) is 14.9 Å². The molecule has 0 bridgehead atoms. The molecule has 1 heterocycles. The molecule has 0 aromatic carbocycles. The summed E-state index contributed by atoms with van der Waals surface area (Å²) >= 11 is 0. The van der Waals surface area contributed by atoms with Crippen molar-refractivity contribution < 1.29 is 0 Å². The minimum absolute atomic E-state index is 0.365. The van der Waals surface area contributed by atoms with Gasteiger partial charge in [-0.15, -0.1) is 0 Å². The molecule has 1 aromatic heterocycles. The van der Waals surface area contributed by atoms with Gasteiger partial charge in [-0.25, -0.2) is 4.98 Å². The molecule has 3 heteroatoms. The van der Waals surface area contributed by atoms with Crippen molar-refractivity contribution in [3.8, 4) is 0 Å². The van der Waals surface area contributed by atoms with Crippen molar-refractivity contribution in [3.05, 3.63) is 17.7 Å². The lowest BCUT2D eigenvalue weighted by atomic mass is 9.70. The largest absolute Gasteiger partial charge is 0.330 e. The van der Waals surface area contributed by atoms with E-state index in [1.807, 2.05) is 6.33 Å². The second-order valence-electron chi connectivity index (χ2n) is 6.31. The maximum absolute atomic E-state index is 4.47. The van der Waals surface area contributed by atoms with Gasteiger partial charge in [0, 0.05) is 11.7 Å². The average molecular weight is 249 g/mol. The third-order valence-corrected chi connectivity index (χ3v) is 4.62. The van der Waals surface area contributed by atoms with Crippen LogP contribution in [-0.4, -0.2) is 22.1 Å². The summed E-state index contributed by atoms with van der Waals surface area (Å²) in [6.45, 7) is 12.3. The van der Waals surface area contributed by atoms with Gasteiger partial charge in [0.1, 0.15) is 0 Å².